The van der Waals surface area contributed by atoms with Crippen LogP contribution in [0.25, 0.3) is 0 Å². The van der Waals surface area contributed by atoms with Gasteiger partial charge in [-0.15, -0.1) is 0 Å². The minimum Gasteiger partial charge on any atom is -0.493 e. The number of benzene rings is 1. The normalized spacial score (nSPS) is 14.3. The number of amides is 2. The van der Waals surface area contributed by atoms with Crippen LogP contribution in [-0.2, 0) is 0 Å². The topological polar surface area (TPSA) is 74.9 Å². The zero-order valence-corrected chi connectivity index (χ0v) is 14.3. The average molecular weight is 343 g/mol. The lowest BCUT2D eigenvalue weighted by Gasteiger charge is -2.34. The number of hydrogen-bond donors (Lipinski definition) is 1. The summed E-state index contributed by atoms with van der Waals surface area (Å²) < 4.78 is 10.4. The number of aromatic nitrogens is 1. The Kier molecular flexibility index (Phi) is 4.92. The molecule has 0 unspecified atom stereocenters. The Labute approximate surface area is 146 Å². The zero-order valence-electron chi connectivity index (χ0n) is 14.3. The molecule has 2 heterocycles. The molecule has 2 aromatic rings. The molecule has 7 nitrogen and oxygen atoms in total. The maximum absolute atomic E-state index is 12.7. The summed E-state index contributed by atoms with van der Waals surface area (Å²) in [6.45, 7) is 2.04. The van der Waals surface area contributed by atoms with Crippen molar-refractivity contribution in [2.45, 2.75) is 0 Å². The molecule has 1 aliphatic rings. The predicted octanol–water partition coefficient (Wildman–Crippen LogP) is 1.63. The van der Waals surface area contributed by atoms with E-state index in [-0.39, 0.29) is 11.8 Å². The van der Waals surface area contributed by atoms with Crippen molar-refractivity contribution in [1.82, 2.24) is 14.8 Å². The van der Waals surface area contributed by atoms with Gasteiger partial charge in [0.05, 0.1) is 19.8 Å². The van der Waals surface area contributed by atoms with Gasteiger partial charge in [0.15, 0.2) is 11.5 Å². The monoisotopic (exact) mass is 343 g/mol. The van der Waals surface area contributed by atoms with Gasteiger partial charge in [-0.05, 0) is 24.3 Å². The van der Waals surface area contributed by atoms with Gasteiger partial charge in [0.2, 0.25) is 0 Å². The number of rotatable bonds is 4. The van der Waals surface area contributed by atoms with Gasteiger partial charge in [-0.1, -0.05) is 0 Å². The Balaban J connectivity index is 1.64. The van der Waals surface area contributed by atoms with E-state index >= 15 is 0 Å². The summed E-state index contributed by atoms with van der Waals surface area (Å²) in [5.74, 6) is 1.02. The quantitative estimate of drug-likeness (QED) is 0.916. The van der Waals surface area contributed by atoms with Crippen LogP contribution in [-0.4, -0.2) is 67.0 Å². The maximum atomic E-state index is 12.7. The second-order valence-corrected chi connectivity index (χ2v) is 5.75. The highest BCUT2D eigenvalue weighted by Crippen LogP contribution is 2.28. The summed E-state index contributed by atoms with van der Waals surface area (Å²) >= 11 is 0. The fraction of sp³-hybridized carbons (Fsp3) is 0.333. The van der Waals surface area contributed by atoms with Crippen LogP contribution in [0.1, 0.15) is 20.7 Å². The largest absolute Gasteiger partial charge is 0.493 e. The molecule has 7 heteroatoms. The van der Waals surface area contributed by atoms with Crippen LogP contribution >= 0.6 is 0 Å². The number of nitrogens with zero attached hydrogens (tertiary/aromatic N) is 2. The third-order valence-electron chi connectivity index (χ3n) is 4.33. The molecule has 25 heavy (non-hydrogen) atoms. The predicted molar refractivity (Wildman–Crippen MR) is 92.1 cm³/mol. The molecular weight excluding hydrogens is 322 g/mol. The van der Waals surface area contributed by atoms with E-state index in [1.54, 1.807) is 53.6 Å². The van der Waals surface area contributed by atoms with Gasteiger partial charge >= 0.3 is 0 Å². The highest BCUT2D eigenvalue weighted by atomic mass is 16.5. The molecule has 1 saturated heterocycles. The smallest absolute Gasteiger partial charge is 0.255 e. The molecule has 1 aromatic heterocycles. The molecule has 1 fully saturated rings. The van der Waals surface area contributed by atoms with E-state index in [0.29, 0.717) is 48.8 Å². The van der Waals surface area contributed by atoms with Crippen LogP contribution in [0, 0.1) is 0 Å². The second-order valence-electron chi connectivity index (χ2n) is 5.75. The third-order valence-corrected chi connectivity index (χ3v) is 4.33. The Morgan fingerprint density at radius 3 is 2.00 bits per heavy atom. The molecule has 2 amide bonds. The summed E-state index contributed by atoms with van der Waals surface area (Å²) in [4.78, 5) is 31.4. The Morgan fingerprint density at radius 2 is 1.48 bits per heavy atom. The number of carbonyl (C=O) groups excluding carboxylic acids is 2. The number of hydrogen-bond acceptors (Lipinski definition) is 4. The number of nitrogens with one attached hydrogen (secondary N) is 1. The van der Waals surface area contributed by atoms with Crippen LogP contribution in [0.15, 0.2) is 36.7 Å². The zero-order chi connectivity index (χ0) is 17.8. The van der Waals surface area contributed by atoms with Crippen molar-refractivity contribution < 1.29 is 19.1 Å². The number of H-pyrrole nitrogens is 1. The van der Waals surface area contributed by atoms with Gasteiger partial charge in [0.25, 0.3) is 11.8 Å². The van der Waals surface area contributed by atoms with Crippen LogP contribution in [0.3, 0.4) is 0 Å². The number of methoxy groups -OCH3 is 2. The fourth-order valence-corrected chi connectivity index (χ4v) is 2.90. The Bertz CT molecular complexity index is 750. The van der Waals surface area contributed by atoms with Gasteiger partial charge in [-0.25, -0.2) is 0 Å². The molecule has 0 aliphatic carbocycles. The van der Waals surface area contributed by atoms with Crippen molar-refractivity contribution in [2.24, 2.45) is 0 Å². The summed E-state index contributed by atoms with van der Waals surface area (Å²) in [5, 5.41) is 0. The van der Waals surface area contributed by atoms with E-state index in [0.717, 1.165) is 0 Å². The van der Waals surface area contributed by atoms with E-state index in [4.69, 9.17) is 9.47 Å². The molecule has 1 aliphatic heterocycles. The van der Waals surface area contributed by atoms with Gasteiger partial charge < -0.3 is 24.3 Å². The first-order valence-corrected chi connectivity index (χ1v) is 8.07. The first-order valence-electron chi connectivity index (χ1n) is 8.07. The van der Waals surface area contributed by atoms with E-state index in [9.17, 15) is 9.59 Å². The Hall–Kier alpha value is -2.96. The van der Waals surface area contributed by atoms with Crippen molar-refractivity contribution in [3.63, 3.8) is 0 Å². The molecule has 1 aromatic carbocycles. The Morgan fingerprint density at radius 1 is 0.880 bits per heavy atom. The molecule has 3 rings (SSSR count). The standard InChI is InChI=1S/C18H21N3O4/c1-24-15-4-3-13(11-16(15)25-2)17(22)20-7-9-21(10-8-20)18(23)14-5-6-19-12-14/h3-6,11-12,19H,7-10H2,1-2H3. The summed E-state index contributed by atoms with van der Waals surface area (Å²) in [6.07, 6.45) is 3.41. The van der Waals surface area contributed by atoms with Crippen LogP contribution in [0.5, 0.6) is 11.5 Å². The van der Waals surface area contributed by atoms with Crippen molar-refractivity contribution in [2.75, 3.05) is 40.4 Å². The highest BCUT2D eigenvalue weighted by Gasteiger charge is 2.26. The first kappa shape index (κ1) is 16.9. The number of aromatic amines is 1. The maximum Gasteiger partial charge on any atom is 0.255 e. The summed E-state index contributed by atoms with van der Waals surface area (Å²) in [5.41, 5.74) is 1.18. The lowest BCUT2D eigenvalue weighted by molar-refractivity contribution is 0.0535. The van der Waals surface area contributed by atoms with Gasteiger partial charge in [-0.3, -0.25) is 9.59 Å². The second kappa shape index (κ2) is 7.29. The molecule has 1 N–H and O–H groups in total. The third kappa shape index (κ3) is 3.45. The van der Waals surface area contributed by atoms with E-state index in [1.165, 1.54) is 7.11 Å². The van der Waals surface area contributed by atoms with Crippen molar-refractivity contribution >= 4 is 11.8 Å². The van der Waals surface area contributed by atoms with E-state index < -0.39 is 0 Å². The molecule has 0 atom stereocenters. The molecule has 0 saturated carbocycles. The molecule has 0 spiro atoms. The highest BCUT2D eigenvalue weighted by molar-refractivity contribution is 5.96. The van der Waals surface area contributed by atoms with Crippen LogP contribution in [0.2, 0.25) is 0 Å². The van der Waals surface area contributed by atoms with Crippen LogP contribution < -0.4 is 9.47 Å². The lowest BCUT2D eigenvalue weighted by Crippen LogP contribution is -2.50. The van der Waals surface area contributed by atoms with Crippen molar-refractivity contribution in [1.29, 1.82) is 0 Å². The van der Waals surface area contributed by atoms with Crippen molar-refractivity contribution in [3.05, 3.63) is 47.8 Å². The fourth-order valence-electron chi connectivity index (χ4n) is 2.90. The minimum absolute atomic E-state index is 0.0144. The van der Waals surface area contributed by atoms with Gasteiger partial charge in [0.1, 0.15) is 0 Å². The summed E-state index contributed by atoms with van der Waals surface area (Å²) in [7, 11) is 3.09. The molecular formula is C18H21N3O4. The average Bonchev–Trinajstić information content (AvgIpc) is 3.21. The lowest BCUT2D eigenvalue weighted by atomic mass is 10.1. The number of carbonyl (C=O) groups is 2. The SMILES string of the molecule is COc1ccc(C(=O)N2CCN(C(=O)c3cc[nH]c3)CC2)cc1OC. The molecule has 0 radical (unpaired) electrons. The first-order chi connectivity index (χ1) is 12.1. The van der Waals surface area contributed by atoms with E-state index in [1.807, 2.05) is 0 Å². The van der Waals surface area contributed by atoms with Gasteiger partial charge in [0, 0.05) is 44.1 Å². The number of ether oxygens (including phenoxy) is 2. The molecule has 0 bridgehead atoms. The molecule has 132 valence electrons. The minimum atomic E-state index is -0.0744. The number of piperazine rings is 1. The van der Waals surface area contributed by atoms with E-state index in [2.05, 4.69) is 4.98 Å². The summed E-state index contributed by atoms with van der Waals surface area (Å²) in [6, 6.07) is 6.88. The van der Waals surface area contributed by atoms with Crippen molar-refractivity contribution in [3.8, 4) is 11.5 Å². The van der Waals surface area contributed by atoms with Gasteiger partial charge in [-0.2, -0.15) is 0 Å². The van der Waals surface area contributed by atoms with Crippen LogP contribution in [0.4, 0.5) is 0 Å².